The molecule has 2 N–H and O–H groups in total. The summed E-state index contributed by atoms with van der Waals surface area (Å²) in [6.45, 7) is 7.82. The van der Waals surface area contributed by atoms with Crippen molar-refractivity contribution in [1.29, 1.82) is 0 Å². The summed E-state index contributed by atoms with van der Waals surface area (Å²) < 4.78 is 23.3. The van der Waals surface area contributed by atoms with Crippen LogP contribution in [0.1, 0.15) is 50.2 Å². The third kappa shape index (κ3) is 9.88. The van der Waals surface area contributed by atoms with Gasteiger partial charge in [-0.3, -0.25) is 15.3 Å². The molecule has 4 aromatic rings. The van der Waals surface area contributed by atoms with Crippen molar-refractivity contribution in [2.75, 3.05) is 18.4 Å². The highest BCUT2D eigenvalue weighted by molar-refractivity contribution is 5.92. The first-order chi connectivity index (χ1) is 22.6. The highest BCUT2D eigenvalue weighted by atomic mass is 16.8. The van der Waals surface area contributed by atoms with Crippen molar-refractivity contribution >= 4 is 23.6 Å². The van der Waals surface area contributed by atoms with Crippen LogP contribution in [0.4, 0.5) is 5.69 Å². The number of hydrogen-bond donors (Lipinski definition) is 2. The van der Waals surface area contributed by atoms with Gasteiger partial charge < -0.3 is 18.9 Å². The number of nitrogens with zero attached hydrogens (tertiary/aromatic N) is 2. The van der Waals surface area contributed by atoms with Crippen LogP contribution >= 0.6 is 0 Å². The highest BCUT2D eigenvalue weighted by Gasteiger charge is 2.17. The maximum absolute atomic E-state index is 12.9. The Kier molecular flexibility index (Phi) is 12.0. The molecule has 1 aromatic heterocycles. The van der Waals surface area contributed by atoms with Gasteiger partial charge in [0.15, 0.2) is 6.61 Å². The summed E-state index contributed by atoms with van der Waals surface area (Å²) in [6, 6.07) is 19.4. The van der Waals surface area contributed by atoms with Crippen LogP contribution in [0, 0.1) is 13.8 Å². The first-order valence-electron chi connectivity index (χ1n) is 14.6. The Bertz CT molecular complexity index is 1690. The van der Waals surface area contributed by atoms with Crippen molar-refractivity contribution in [2.45, 2.75) is 33.3 Å². The van der Waals surface area contributed by atoms with Crippen LogP contribution in [0.15, 0.2) is 97.8 Å². The smallest absolute Gasteiger partial charge is 0.343 e. The lowest BCUT2D eigenvalue weighted by Gasteiger charge is -2.14. The molecule has 0 unspecified atom stereocenters. The van der Waals surface area contributed by atoms with E-state index >= 15 is 0 Å². The molecule has 3 aromatic carbocycles. The van der Waals surface area contributed by atoms with Crippen LogP contribution in [-0.4, -0.2) is 41.5 Å². The Labute approximate surface area is 271 Å². The Morgan fingerprint density at radius 1 is 0.766 bits per heavy atom. The van der Waals surface area contributed by atoms with Crippen molar-refractivity contribution < 1.29 is 53.3 Å². The van der Waals surface area contributed by atoms with Crippen molar-refractivity contribution in [3.63, 3.8) is 0 Å². The molecule has 1 heterocycles. The highest BCUT2D eigenvalue weighted by Crippen LogP contribution is 2.30. The quantitative estimate of drug-likeness (QED) is 0.0444. The lowest BCUT2D eigenvalue weighted by molar-refractivity contribution is -0.895. The second-order valence-corrected chi connectivity index (χ2v) is 10.2. The average molecular weight is 644 g/mol. The van der Waals surface area contributed by atoms with E-state index in [0.29, 0.717) is 65.6 Å². The predicted octanol–water partition coefficient (Wildman–Crippen LogP) is 5.13. The summed E-state index contributed by atoms with van der Waals surface area (Å²) >= 11 is 0. The van der Waals surface area contributed by atoms with Gasteiger partial charge in [0, 0.05) is 22.9 Å². The van der Waals surface area contributed by atoms with Crippen molar-refractivity contribution in [3.8, 4) is 17.2 Å². The Morgan fingerprint density at radius 3 is 1.83 bits per heavy atom. The molecule has 0 aliphatic carbocycles. The van der Waals surface area contributed by atoms with E-state index in [1.165, 1.54) is 29.3 Å². The number of hydrogen-bond acceptors (Lipinski definition) is 11. The molecule has 47 heavy (non-hydrogen) atoms. The third-order valence-electron chi connectivity index (χ3n) is 6.99. The van der Waals surface area contributed by atoms with Gasteiger partial charge in [-0.2, -0.15) is 0 Å². The van der Waals surface area contributed by atoms with E-state index in [-0.39, 0.29) is 17.5 Å². The second kappa shape index (κ2) is 16.5. The van der Waals surface area contributed by atoms with E-state index in [1.54, 1.807) is 74.5 Å². The molecule has 0 spiro atoms. The van der Waals surface area contributed by atoms with Crippen LogP contribution in [0.5, 0.6) is 17.2 Å². The van der Waals surface area contributed by atoms with Gasteiger partial charge in [-0.1, -0.05) is 18.7 Å². The average Bonchev–Trinajstić information content (AvgIpc) is 3.09. The summed E-state index contributed by atoms with van der Waals surface area (Å²) in [6.07, 6.45) is 5.50. The topological polar surface area (TPSA) is 145 Å². The lowest BCUT2D eigenvalue weighted by atomic mass is 10.1. The van der Waals surface area contributed by atoms with Gasteiger partial charge in [0.1, 0.15) is 22.9 Å². The Hall–Kier alpha value is -5.72. The minimum Gasteiger partial charge on any atom is -0.494 e. The van der Waals surface area contributed by atoms with Crippen molar-refractivity contribution in [1.82, 2.24) is 0 Å². The van der Waals surface area contributed by atoms with E-state index in [9.17, 15) is 14.4 Å². The fourth-order valence-corrected chi connectivity index (χ4v) is 4.13. The molecule has 0 amide bonds. The minimum absolute atomic E-state index is 0.00725. The lowest BCUT2D eigenvalue weighted by Crippen LogP contribution is -2.41. The normalized spacial score (nSPS) is 10.5. The molecule has 244 valence electrons. The summed E-state index contributed by atoms with van der Waals surface area (Å²) in [5.74, 6) is -0.280. The number of carbonyl (C=O) groups is 3. The van der Waals surface area contributed by atoms with Gasteiger partial charge in [-0.25, -0.2) is 14.4 Å². The Balaban J connectivity index is 1.26. The first-order valence-corrected chi connectivity index (χ1v) is 14.6. The minimum atomic E-state index is -0.550. The first kappa shape index (κ1) is 34.2. The van der Waals surface area contributed by atoms with Gasteiger partial charge in [0.2, 0.25) is 12.4 Å². The van der Waals surface area contributed by atoms with E-state index < -0.39 is 17.9 Å². The number of anilines is 1. The zero-order valence-electron chi connectivity index (χ0n) is 26.0. The zero-order valence-corrected chi connectivity index (χ0v) is 26.0. The molecule has 0 saturated carbocycles. The zero-order chi connectivity index (χ0) is 33.8. The second-order valence-electron chi connectivity index (χ2n) is 10.2. The van der Waals surface area contributed by atoms with Crippen LogP contribution in [-0.2, 0) is 16.1 Å². The number of carbonyl (C=O) groups excluding carboxylic acids is 3. The number of rotatable bonds is 15. The number of aromatic nitrogens is 1. The standard InChI is InChI=1S/C35H35N2O10/c1-4-33(38)44-22-6-5-21-43-30-13-11-28(12-14-30)35(40)47-32-16-15-31(24(2)25(32)3)46-34(39)27-9-7-26(8-10-27)23-45-36-19-17-29(18-20-36)37(41)42/h4,7-20,41-42H,1,5-6,21-23H2,2-3H3/q+1. The molecule has 0 radical (unpaired) electrons. The molecule has 0 saturated heterocycles. The van der Waals surface area contributed by atoms with E-state index in [0.717, 1.165) is 11.6 Å². The summed E-state index contributed by atoms with van der Waals surface area (Å²) in [7, 11) is 0. The van der Waals surface area contributed by atoms with Gasteiger partial charge >= 0.3 is 17.9 Å². The number of unbranched alkanes of at least 4 members (excludes halogenated alkanes) is 1. The molecule has 0 fully saturated rings. The van der Waals surface area contributed by atoms with Gasteiger partial charge in [0.25, 0.3) is 0 Å². The predicted molar refractivity (Wildman–Crippen MR) is 168 cm³/mol. The van der Waals surface area contributed by atoms with Crippen molar-refractivity contribution in [2.24, 2.45) is 0 Å². The maximum Gasteiger partial charge on any atom is 0.343 e. The molecule has 12 heteroatoms. The largest absolute Gasteiger partial charge is 0.494 e. The van der Waals surface area contributed by atoms with Crippen LogP contribution in [0.3, 0.4) is 0 Å². The fourth-order valence-electron chi connectivity index (χ4n) is 4.13. The van der Waals surface area contributed by atoms with Crippen LogP contribution in [0.25, 0.3) is 0 Å². The molecule has 0 atom stereocenters. The third-order valence-corrected chi connectivity index (χ3v) is 6.99. The number of benzene rings is 3. The SMILES string of the molecule is C=CC(=O)OCCCCOc1ccc(C(=O)Oc2ccc(OC(=O)c3ccc(CO[n+]4ccc(N(O)O)cc4)cc3)c(C)c2C)cc1. The molecular formula is C35H35N2O10+. The van der Waals surface area contributed by atoms with Gasteiger partial charge in [-0.05, 0) is 91.9 Å². The number of pyridine rings is 1. The molecule has 0 aliphatic heterocycles. The molecule has 4 rings (SSSR count). The van der Waals surface area contributed by atoms with Crippen LogP contribution < -0.4 is 29.0 Å². The fraction of sp³-hybridized carbons (Fsp3) is 0.200. The molecule has 0 bridgehead atoms. The maximum atomic E-state index is 12.9. The van der Waals surface area contributed by atoms with Crippen molar-refractivity contribution in [3.05, 3.63) is 126 Å². The molecule has 12 nitrogen and oxygen atoms in total. The number of esters is 3. The number of ether oxygens (including phenoxy) is 4. The summed E-state index contributed by atoms with van der Waals surface area (Å²) in [5.41, 5.74) is 2.94. The monoisotopic (exact) mass is 643 g/mol. The molecule has 0 aliphatic rings. The van der Waals surface area contributed by atoms with E-state index in [4.69, 9.17) is 34.2 Å². The Morgan fingerprint density at radius 2 is 1.30 bits per heavy atom. The summed E-state index contributed by atoms with van der Waals surface area (Å²) in [4.78, 5) is 42.3. The van der Waals surface area contributed by atoms with Gasteiger partial charge in [-0.15, -0.1) is 5.23 Å². The van der Waals surface area contributed by atoms with E-state index in [1.807, 2.05) is 0 Å². The van der Waals surface area contributed by atoms with Crippen LogP contribution in [0.2, 0.25) is 0 Å². The van der Waals surface area contributed by atoms with Gasteiger partial charge in [0.05, 0.1) is 24.3 Å². The summed E-state index contributed by atoms with van der Waals surface area (Å²) in [5, 5.41) is 18.1. The molecular weight excluding hydrogens is 608 g/mol. The van der Waals surface area contributed by atoms with E-state index in [2.05, 4.69) is 6.58 Å².